The van der Waals surface area contributed by atoms with E-state index in [4.69, 9.17) is 18.0 Å². The van der Waals surface area contributed by atoms with E-state index in [1.165, 1.54) is 0 Å². The first-order valence-electron chi connectivity index (χ1n) is 5.71. The molecule has 0 aliphatic carbocycles. The summed E-state index contributed by atoms with van der Waals surface area (Å²) in [5, 5.41) is 9.90. The summed E-state index contributed by atoms with van der Waals surface area (Å²) in [5.41, 5.74) is 6.79. The Balaban J connectivity index is 3.07. The Bertz CT molecular complexity index is 399. The third-order valence-corrected chi connectivity index (χ3v) is 2.69. The highest BCUT2D eigenvalue weighted by atomic mass is 32.1. The van der Waals surface area contributed by atoms with Crippen LogP contribution in [0.5, 0.6) is 0 Å². The fraction of sp³-hybridized carbons (Fsp3) is 0.462. The van der Waals surface area contributed by atoms with E-state index in [1.807, 2.05) is 31.2 Å². The molecule has 0 aliphatic heterocycles. The van der Waals surface area contributed by atoms with E-state index in [2.05, 4.69) is 4.90 Å². The number of nitrogens with two attached hydrogens (primary N) is 1. The molecule has 4 heteroatoms. The third kappa shape index (κ3) is 3.98. The van der Waals surface area contributed by atoms with Crippen LogP contribution in [0.3, 0.4) is 0 Å². The van der Waals surface area contributed by atoms with Crippen LogP contribution in [-0.2, 0) is 0 Å². The van der Waals surface area contributed by atoms with Crippen LogP contribution in [0.4, 0.5) is 5.69 Å². The van der Waals surface area contributed by atoms with Crippen molar-refractivity contribution in [3.63, 3.8) is 0 Å². The maximum atomic E-state index is 9.90. The van der Waals surface area contributed by atoms with Crippen molar-refractivity contribution >= 4 is 22.9 Å². The number of aliphatic hydroxyl groups is 1. The number of hydrogen-bond donors (Lipinski definition) is 2. The summed E-state index contributed by atoms with van der Waals surface area (Å²) in [4.78, 5) is 2.46. The monoisotopic (exact) mass is 252 g/mol. The van der Waals surface area contributed by atoms with Crippen molar-refractivity contribution in [2.75, 3.05) is 18.0 Å². The quantitative estimate of drug-likeness (QED) is 0.786. The zero-order valence-electron chi connectivity index (χ0n) is 10.6. The Morgan fingerprint density at radius 2 is 2.00 bits per heavy atom. The van der Waals surface area contributed by atoms with Gasteiger partial charge in [0.15, 0.2) is 0 Å². The predicted molar refractivity (Wildman–Crippen MR) is 76.5 cm³/mol. The second kappa shape index (κ2) is 5.47. The third-order valence-electron chi connectivity index (χ3n) is 2.47. The Morgan fingerprint density at radius 3 is 2.47 bits per heavy atom. The smallest absolute Gasteiger partial charge is 0.106 e. The lowest BCUT2D eigenvalue weighted by atomic mass is 10.1. The molecular formula is C13H20N2OS. The fourth-order valence-electron chi connectivity index (χ4n) is 1.79. The summed E-state index contributed by atoms with van der Waals surface area (Å²) in [6.45, 7) is 6.97. The molecule has 1 rings (SSSR count). The van der Waals surface area contributed by atoms with Crippen LogP contribution in [0.25, 0.3) is 0 Å². The van der Waals surface area contributed by atoms with Crippen molar-refractivity contribution in [3.8, 4) is 0 Å². The van der Waals surface area contributed by atoms with Gasteiger partial charge >= 0.3 is 0 Å². The Labute approximate surface area is 108 Å². The summed E-state index contributed by atoms with van der Waals surface area (Å²) < 4.78 is 0. The second-order valence-corrected chi connectivity index (χ2v) is 5.15. The van der Waals surface area contributed by atoms with Gasteiger partial charge in [-0.05, 0) is 32.9 Å². The maximum Gasteiger partial charge on any atom is 0.106 e. The molecule has 0 bridgehead atoms. The van der Waals surface area contributed by atoms with E-state index in [0.29, 0.717) is 11.5 Å². The topological polar surface area (TPSA) is 49.5 Å². The molecule has 1 aromatic rings. The van der Waals surface area contributed by atoms with E-state index in [1.54, 1.807) is 13.8 Å². The fourth-order valence-corrected chi connectivity index (χ4v) is 1.96. The first kappa shape index (κ1) is 13.9. The van der Waals surface area contributed by atoms with Crippen LogP contribution in [0.15, 0.2) is 24.3 Å². The summed E-state index contributed by atoms with van der Waals surface area (Å²) in [7, 11) is 0. The molecule has 0 aliphatic rings. The number of benzene rings is 1. The van der Waals surface area contributed by atoms with Crippen molar-refractivity contribution < 1.29 is 5.11 Å². The molecule has 0 fully saturated rings. The van der Waals surface area contributed by atoms with Gasteiger partial charge in [-0.25, -0.2) is 0 Å². The van der Waals surface area contributed by atoms with Crippen molar-refractivity contribution in [1.29, 1.82) is 0 Å². The molecule has 0 aromatic heterocycles. The minimum atomic E-state index is -0.751. The van der Waals surface area contributed by atoms with Crippen molar-refractivity contribution in [1.82, 2.24) is 0 Å². The summed E-state index contributed by atoms with van der Waals surface area (Å²) >= 11 is 5.05. The Morgan fingerprint density at radius 1 is 1.41 bits per heavy atom. The molecule has 1 aromatic carbocycles. The molecule has 0 spiro atoms. The van der Waals surface area contributed by atoms with Gasteiger partial charge in [-0.2, -0.15) is 0 Å². The number of nitrogens with zero attached hydrogens (tertiary/aromatic N) is 1. The summed E-state index contributed by atoms with van der Waals surface area (Å²) in [5.74, 6) is 0. The molecule has 17 heavy (non-hydrogen) atoms. The standard InChI is InChI=1S/C13H20N2OS/c1-4-15(9-13(2,3)16)11-8-6-5-7-10(11)12(14)17/h5-8,16H,4,9H2,1-3H3,(H2,14,17). The SMILES string of the molecule is CCN(CC(C)(C)O)c1ccccc1C(N)=S. The maximum absolute atomic E-state index is 9.90. The first-order valence-corrected chi connectivity index (χ1v) is 6.12. The van der Waals surface area contributed by atoms with E-state index in [-0.39, 0.29) is 0 Å². The van der Waals surface area contributed by atoms with E-state index >= 15 is 0 Å². The van der Waals surface area contributed by atoms with E-state index in [0.717, 1.165) is 17.8 Å². The Hall–Kier alpha value is -1.13. The summed E-state index contributed by atoms with van der Waals surface area (Å²) in [6.07, 6.45) is 0. The highest BCUT2D eigenvalue weighted by Crippen LogP contribution is 2.22. The van der Waals surface area contributed by atoms with Gasteiger partial charge in [0.2, 0.25) is 0 Å². The van der Waals surface area contributed by atoms with E-state index in [9.17, 15) is 5.11 Å². The van der Waals surface area contributed by atoms with E-state index < -0.39 is 5.60 Å². The number of thiocarbonyl (C=S) groups is 1. The molecular weight excluding hydrogens is 232 g/mol. The lowest BCUT2D eigenvalue weighted by Gasteiger charge is -2.31. The van der Waals surface area contributed by atoms with Gasteiger partial charge in [0.1, 0.15) is 4.99 Å². The zero-order chi connectivity index (χ0) is 13.1. The van der Waals surface area contributed by atoms with Crippen molar-refractivity contribution in [2.24, 2.45) is 5.73 Å². The molecule has 3 N–H and O–H groups in total. The van der Waals surface area contributed by atoms with Crippen LogP contribution in [0, 0.1) is 0 Å². The van der Waals surface area contributed by atoms with Gasteiger partial charge in [0.25, 0.3) is 0 Å². The number of hydrogen-bond acceptors (Lipinski definition) is 3. The molecule has 0 saturated heterocycles. The van der Waals surface area contributed by atoms with Gasteiger partial charge in [0.05, 0.1) is 5.60 Å². The van der Waals surface area contributed by atoms with Gasteiger partial charge in [-0.15, -0.1) is 0 Å². The molecule has 94 valence electrons. The first-order chi connectivity index (χ1) is 7.85. The van der Waals surface area contributed by atoms with Gasteiger partial charge in [0, 0.05) is 24.3 Å². The van der Waals surface area contributed by atoms with Crippen molar-refractivity contribution in [2.45, 2.75) is 26.4 Å². The molecule has 0 radical (unpaired) electrons. The molecule has 0 atom stereocenters. The average molecular weight is 252 g/mol. The van der Waals surface area contributed by atoms with Gasteiger partial charge < -0.3 is 15.7 Å². The van der Waals surface area contributed by atoms with Crippen LogP contribution in [0.2, 0.25) is 0 Å². The molecule has 0 unspecified atom stereocenters. The predicted octanol–water partition coefficient (Wildman–Crippen LogP) is 1.92. The lowest BCUT2D eigenvalue weighted by molar-refractivity contribution is 0.0876. The average Bonchev–Trinajstić information content (AvgIpc) is 2.24. The van der Waals surface area contributed by atoms with Gasteiger partial charge in [-0.1, -0.05) is 24.4 Å². The van der Waals surface area contributed by atoms with Gasteiger partial charge in [-0.3, -0.25) is 0 Å². The minimum absolute atomic E-state index is 0.384. The largest absolute Gasteiger partial charge is 0.389 e. The van der Waals surface area contributed by atoms with Crippen LogP contribution in [0.1, 0.15) is 26.3 Å². The minimum Gasteiger partial charge on any atom is -0.389 e. The highest BCUT2D eigenvalue weighted by molar-refractivity contribution is 7.80. The number of anilines is 1. The van der Waals surface area contributed by atoms with Crippen LogP contribution >= 0.6 is 12.2 Å². The number of para-hydroxylation sites is 1. The van der Waals surface area contributed by atoms with Crippen molar-refractivity contribution in [3.05, 3.63) is 29.8 Å². The molecule has 0 amide bonds. The van der Waals surface area contributed by atoms with Crippen LogP contribution in [-0.4, -0.2) is 28.8 Å². The highest BCUT2D eigenvalue weighted by Gasteiger charge is 2.19. The second-order valence-electron chi connectivity index (χ2n) is 4.71. The lowest BCUT2D eigenvalue weighted by Crippen LogP contribution is -2.39. The Kier molecular flexibility index (Phi) is 4.48. The zero-order valence-corrected chi connectivity index (χ0v) is 11.4. The normalized spacial score (nSPS) is 11.3. The molecule has 0 heterocycles. The summed E-state index contributed by atoms with van der Waals surface area (Å²) in [6, 6.07) is 7.74. The number of rotatable bonds is 5. The molecule has 3 nitrogen and oxygen atoms in total. The molecule has 0 saturated carbocycles. The number of likely N-dealkylation sites (N-methyl/N-ethyl adjacent to an activating group) is 1. The van der Waals surface area contributed by atoms with Crippen LogP contribution < -0.4 is 10.6 Å².